The molecule has 0 amide bonds. The molecule has 13 heavy (non-hydrogen) atoms. The lowest BCUT2D eigenvalue weighted by Crippen LogP contribution is -2.14. The lowest BCUT2D eigenvalue weighted by molar-refractivity contribution is 0.200. The number of rotatable bonds is 9. The standard InChI is InChI=1S/C10H23NOS/c1-10(11)6-3-4-8-13-9-5-7-12-2/h10H,3-9,11H2,1-2H3. The molecule has 80 valence electrons. The van der Waals surface area contributed by atoms with E-state index >= 15 is 0 Å². The largest absolute Gasteiger partial charge is 0.385 e. The quantitative estimate of drug-likeness (QED) is 0.587. The van der Waals surface area contributed by atoms with Crippen molar-refractivity contribution >= 4 is 11.8 Å². The SMILES string of the molecule is COCCCSCCCCC(C)N. The number of nitrogens with two attached hydrogens (primary N) is 1. The van der Waals surface area contributed by atoms with Gasteiger partial charge in [0.1, 0.15) is 0 Å². The van der Waals surface area contributed by atoms with Crippen molar-refractivity contribution in [2.45, 2.75) is 38.6 Å². The minimum absolute atomic E-state index is 0.374. The average molecular weight is 205 g/mol. The van der Waals surface area contributed by atoms with Crippen molar-refractivity contribution in [2.75, 3.05) is 25.2 Å². The van der Waals surface area contributed by atoms with E-state index in [1.54, 1.807) is 7.11 Å². The van der Waals surface area contributed by atoms with E-state index in [1.165, 1.54) is 37.2 Å². The van der Waals surface area contributed by atoms with Crippen molar-refractivity contribution in [1.82, 2.24) is 0 Å². The summed E-state index contributed by atoms with van der Waals surface area (Å²) in [5.41, 5.74) is 5.65. The first-order valence-electron chi connectivity index (χ1n) is 5.09. The van der Waals surface area contributed by atoms with Crippen LogP contribution in [0.2, 0.25) is 0 Å². The van der Waals surface area contributed by atoms with Crippen molar-refractivity contribution in [2.24, 2.45) is 5.73 Å². The maximum Gasteiger partial charge on any atom is 0.0470 e. The summed E-state index contributed by atoms with van der Waals surface area (Å²) < 4.78 is 4.97. The Labute approximate surface area is 86.6 Å². The molecule has 0 aliphatic rings. The fourth-order valence-electron chi connectivity index (χ4n) is 1.08. The molecular weight excluding hydrogens is 182 g/mol. The highest BCUT2D eigenvalue weighted by Gasteiger charge is 1.94. The third-order valence-electron chi connectivity index (χ3n) is 1.84. The van der Waals surface area contributed by atoms with Crippen molar-refractivity contribution in [1.29, 1.82) is 0 Å². The highest BCUT2D eigenvalue weighted by Crippen LogP contribution is 2.08. The molecule has 0 saturated heterocycles. The highest BCUT2D eigenvalue weighted by atomic mass is 32.2. The summed E-state index contributed by atoms with van der Waals surface area (Å²) in [5.74, 6) is 2.50. The lowest BCUT2D eigenvalue weighted by Gasteiger charge is -2.04. The van der Waals surface area contributed by atoms with Crippen LogP contribution >= 0.6 is 11.8 Å². The molecule has 2 N–H and O–H groups in total. The molecule has 0 fully saturated rings. The molecule has 0 spiro atoms. The van der Waals surface area contributed by atoms with Crippen molar-refractivity contribution in [3.63, 3.8) is 0 Å². The van der Waals surface area contributed by atoms with E-state index in [4.69, 9.17) is 10.5 Å². The first kappa shape index (κ1) is 13.3. The van der Waals surface area contributed by atoms with E-state index in [0.29, 0.717) is 6.04 Å². The summed E-state index contributed by atoms with van der Waals surface area (Å²) in [6, 6.07) is 0.374. The van der Waals surface area contributed by atoms with E-state index < -0.39 is 0 Å². The molecule has 0 radical (unpaired) electrons. The van der Waals surface area contributed by atoms with Gasteiger partial charge in [-0.25, -0.2) is 0 Å². The normalized spacial score (nSPS) is 13.2. The zero-order valence-electron chi connectivity index (χ0n) is 8.92. The van der Waals surface area contributed by atoms with Crippen LogP contribution in [0.5, 0.6) is 0 Å². The van der Waals surface area contributed by atoms with Crippen LogP contribution < -0.4 is 5.73 Å². The van der Waals surface area contributed by atoms with Gasteiger partial charge in [0.2, 0.25) is 0 Å². The molecule has 0 saturated carbocycles. The molecule has 0 rings (SSSR count). The molecule has 0 aliphatic heterocycles. The Hall–Kier alpha value is 0.270. The van der Waals surface area contributed by atoms with Gasteiger partial charge in [-0.15, -0.1) is 0 Å². The molecule has 1 unspecified atom stereocenters. The molecule has 1 atom stereocenters. The van der Waals surface area contributed by atoms with Crippen LogP contribution in [-0.4, -0.2) is 31.3 Å². The smallest absolute Gasteiger partial charge is 0.0470 e. The molecule has 0 heterocycles. The number of ether oxygens (including phenoxy) is 1. The van der Waals surface area contributed by atoms with Crippen LogP contribution in [0.25, 0.3) is 0 Å². The molecule has 0 aromatic rings. The van der Waals surface area contributed by atoms with Crippen LogP contribution in [0.15, 0.2) is 0 Å². The third-order valence-corrected chi connectivity index (χ3v) is 2.99. The van der Waals surface area contributed by atoms with Gasteiger partial charge in [0.25, 0.3) is 0 Å². The topological polar surface area (TPSA) is 35.2 Å². The number of hydrogen-bond acceptors (Lipinski definition) is 3. The molecule has 0 aliphatic carbocycles. The van der Waals surface area contributed by atoms with Crippen molar-refractivity contribution in [3.05, 3.63) is 0 Å². The van der Waals surface area contributed by atoms with Gasteiger partial charge in [0.15, 0.2) is 0 Å². The van der Waals surface area contributed by atoms with Gasteiger partial charge in [0, 0.05) is 19.8 Å². The average Bonchev–Trinajstić information content (AvgIpc) is 2.09. The Morgan fingerprint density at radius 1 is 1.23 bits per heavy atom. The van der Waals surface area contributed by atoms with E-state index in [0.717, 1.165) is 6.61 Å². The van der Waals surface area contributed by atoms with Gasteiger partial charge in [-0.2, -0.15) is 11.8 Å². The van der Waals surface area contributed by atoms with Crippen LogP contribution in [-0.2, 0) is 4.74 Å². The molecular formula is C10H23NOS. The number of methoxy groups -OCH3 is 1. The van der Waals surface area contributed by atoms with Crippen LogP contribution in [0.4, 0.5) is 0 Å². The first-order chi connectivity index (χ1) is 6.27. The van der Waals surface area contributed by atoms with Gasteiger partial charge < -0.3 is 10.5 Å². The minimum atomic E-state index is 0.374. The van der Waals surface area contributed by atoms with Crippen molar-refractivity contribution in [3.8, 4) is 0 Å². The van der Waals surface area contributed by atoms with Crippen molar-refractivity contribution < 1.29 is 4.74 Å². The predicted octanol–water partition coefficient (Wildman–Crippen LogP) is 2.27. The fraction of sp³-hybridized carbons (Fsp3) is 1.00. The Kier molecular flexibility index (Phi) is 10.6. The van der Waals surface area contributed by atoms with E-state index in [1.807, 2.05) is 11.8 Å². The summed E-state index contributed by atoms with van der Waals surface area (Å²) in [6.45, 7) is 2.97. The molecule has 3 heteroatoms. The Morgan fingerprint density at radius 2 is 1.92 bits per heavy atom. The van der Waals surface area contributed by atoms with E-state index in [2.05, 4.69) is 6.92 Å². The summed E-state index contributed by atoms with van der Waals surface area (Å²) >= 11 is 2.02. The Balaban J connectivity index is 2.84. The van der Waals surface area contributed by atoms with Gasteiger partial charge in [-0.05, 0) is 37.7 Å². The van der Waals surface area contributed by atoms with Gasteiger partial charge in [-0.3, -0.25) is 0 Å². The summed E-state index contributed by atoms with van der Waals surface area (Å²) in [7, 11) is 1.76. The van der Waals surface area contributed by atoms with Crippen LogP contribution in [0.1, 0.15) is 32.6 Å². The maximum atomic E-state index is 5.65. The molecule has 0 aromatic carbocycles. The Bertz CT molecular complexity index is 98.9. The van der Waals surface area contributed by atoms with Crippen LogP contribution in [0, 0.1) is 0 Å². The first-order valence-corrected chi connectivity index (χ1v) is 6.25. The van der Waals surface area contributed by atoms with Gasteiger partial charge in [0.05, 0.1) is 0 Å². The van der Waals surface area contributed by atoms with Crippen LogP contribution in [0.3, 0.4) is 0 Å². The number of thioether (sulfide) groups is 1. The second kappa shape index (κ2) is 10.4. The maximum absolute atomic E-state index is 5.65. The summed E-state index contributed by atoms with van der Waals surface area (Å²) in [6.07, 6.45) is 4.92. The molecule has 0 bridgehead atoms. The van der Waals surface area contributed by atoms with Gasteiger partial charge >= 0.3 is 0 Å². The predicted molar refractivity (Wildman–Crippen MR) is 61.3 cm³/mol. The van der Waals surface area contributed by atoms with E-state index in [9.17, 15) is 0 Å². The minimum Gasteiger partial charge on any atom is -0.385 e. The second-order valence-corrected chi connectivity index (χ2v) is 4.66. The zero-order valence-corrected chi connectivity index (χ0v) is 9.74. The molecule has 2 nitrogen and oxygen atoms in total. The molecule has 0 aromatic heterocycles. The summed E-state index contributed by atoms with van der Waals surface area (Å²) in [5, 5.41) is 0. The highest BCUT2D eigenvalue weighted by molar-refractivity contribution is 7.99. The van der Waals surface area contributed by atoms with E-state index in [-0.39, 0.29) is 0 Å². The number of unbranched alkanes of at least 4 members (excludes halogenated alkanes) is 1. The number of hydrogen-bond donors (Lipinski definition) is 1. The second-order valence-electron chi connectivity index (χ2n) is 3.43. The fourth-order valence-corrected chi connectivity index (χ4v) is 2.01. The van der Waals surface area contributed by atoms with Gasteiger partial charge in [-0.1, -0.05) is 6.42 Å². The Morgan fingerprint density at radius 3 is 2.54 bits per heavy atom. The lowest BCUT2D eigenvalue weighted by atomic mass is 10.2. The summed E-state index contributed by atoms with van der Waals surface area (Å²) in [4.78, 5) is 0. The zero-order chi connectivity index (χ0) is 9.94. The third kappa shape index (κ3) is 12.3. The monoisotopic (exact) mass is 205 g/mol.